The van der Waals surface area contributed by atoms with E-state index in [1.807, 2.05) is 26.0 Å². The summed E-state index contributed by atoms with van der Waals surface area (Å²) in [6, 6.07) is 8.38. The van der Waals surface area contributed by atoms with Gasteiger partial charge in [0.15, 0.2) is 0 Å². The minimum absolute atomic E-state index is 0.00565. The molecule has 1 amide bonds. The number of carbonyl (C=O) groups excluding carboxylic acids is 1. The van der Waals surface area contributed by atoms with Crippen LogP contribution in [0.1, 0.15) is 38.3 Å². The second kappa shape index (κ2) is 9.70. The Balaban J connectivity index is 2.18. The maximum Gasteiger partial charge on any atom is 0.241 e. The largest absolute Gasteiger partial charge is 0.353 e. The predicted octanol–water partition coefficient (Wildman–Crippen LogP) is 3.43. The molecule has 1 N–H and O–H groups in total. The highest BCUT2D eigenvalue weighted by Gasteiger charge is 2.15. The van der Waals surface area contributed by atoms with E-state index < -0.39 is 0 Å². The van der Waals surface area contributed by atoms with Crippen LogP contribution in [0.15, 0.2) is 53.1 Å². The van der Waals surface area contributed by atoms with Crippen molar-refractivity contribution in [3.8, 4) is 0 Å². The maximum atomic E-state index is 11.5. The van der Waals surface area contributed by atoms with Crippen LogP contribution in [0, 0.1) is 0 Å². The average molecular weight is 352 g/mol. The Bertz CT molecular complexity index is 729. The van der Waals surface area contributed by atoms with Crippen LogP contribution in [0.4, 0.5) is 0 Å². The molecule has 5 heteroatoms. The van der Waals surface area contributed by atoms with Gasteiger partial charge in [0.2, 0.25) is 5.91 Å². The second-order valence-electron chi connectivity index (χ2n) is 6.31. The molecule has 0 unspecified atom stereocenters. The Hall–Kier alpha value is -2.69. The highest BCUT2D eigenvalue weighted by Crippen LogP contribution is 2.16. The zero-order valence-corrected chi connectivity index (χ0v) is 16.0. The number of rotatable bonds is 7. The Morgan fingerprint density at radius 1 is 1.35 bits per heavy atom. The van der Waals surface area contributed by atoms with Gasteiger partial charge in [-0.1, -0.05) is 50.3 Å². The molecule has 5 nitrogen and oxygen atoms in total. The van der Waals surface area contributed by atoms with Gasteiger partial charge in [0.05, 0.1) is 23.7 Å². The van der Waals surface area contributed by atoms with Crippen LogP contribution in [0.25, 0.3) is 5.70 Å². The van der Waals surface area contributed by atoms with Gasteiger partial charge >= 0.3 is 0 Å². The van der Waals surface area contributed by atoms with Gasteiger partial charge in [0.25, 0.3) is 0 Å². The van der Waals surface area contributed by atoms with Crippen LogP contribution in [-0.4, -0.2) is 42.0 Å². The minimum atomic E-state index is -0.00565. The zero-order valence-electron chi connectivity index (χ0n) is 16.0. The molecule has 2 rings (SSSR count). The summed E-state index contributed by atoms with van der Waals surface area (Å²) in [6.45, 7) is 11.7. The van der Waals surface area contributed by atoms with Crippen molar-refractivity contribution in [1.29, 1.82) is 0 Å². The molecular weight excluding hydrogens is 324 g/mol. The first-order valence-corrected chi connectivity index (χ1v) is 9.10. The third-order valence-corrected chi connectivity index (χ3v) is 4.09. The number of aliphatic imine (C=N–C) groups is 1. The van der Waals surface area contributed by atoms with E-state index in [1.165, 1.54) is 5.56 Å². The van der Waals surface area contributed by atoms with Gasteiger partial charge < -0.3 is 5.32 Å². The fourth-order valence-corrected chi connectivity index (χ4v) is 2.73. The summed E-state index contributed by atoms with van der Waals surface area (Å²) in [5, 5.41) is 9.13. The zero-order chi connectivity index (χ0) is 18.9. The van der Waals surface area contributed by atoms with E-state index in [4.69, 9.17) is 0 Å². The van der Waals surface area contributed by atoms with Crippen molar-refractivity contribution in [3.63, 3.8) is 0 Å². The Morgan fingerprint density at radius 3 is 2.69 bits per heavy atom. The number of carbonyl (C=O) groups is 1. The summed E-state index contributed by atoms with van der Waals surface area (Å²) >= 11 is 0. The van der Waals surface area contributed by atoms with E-state index in [9.17, 15) is 4.79 Å². The lowest BCUT2D eigenvalue weighted by Gasteiger charge is -2.24. The molecule has 0 atom stereocenters. The van der Waals surface area contributed by atoms with Crippen LogP contribution < -0.4 is 5.32 Å². The molecule has 1 heterocycles. The summed E-state index contributed by atoms with van der Waals surface area (Å²) in [7, 11) is 0. The number of allylic oxidation sites excluding steroid dienone is 2. The lowest BCUT2D eigenvalue weighted by Crippen LogP contribution is -2.45. The standard InChI is InChI=1S/C21H28N4O/c1-5-7-18-9-11-19(12-10-18)16(3)23-20(8-6-2)17(4)24-25-14-13-22-21(26)15-25/h6,8-12H,3,5,7,13-15H2,1-2,4H3,(H,22,26)/b8-6-,23-20?,24-17+. The summed E-state index contributed by atoms with van der Waals surface area (Å²) in [4.78, 5) is 16.2. The third kappa shape index (κ3) is 5.69. The van der Waals surface area contributed by atoms with Crippen molar-refractivity contribution in [2.24, 2.45) is 10.1 Å². The van der Waals surface area contributed by atoms with Crippen molar-refractivity contribution in [2.45, 2.75) is 33.6 Å². The van der Waals surface area contributed by atoms with Crippen LogP contribution in [-0.2, 0) is 11.2 Å². The van der Waals surface area contributed by atoms with Gasteiger partial charge in [-0.05, 0) is 37.5 Å². The molecule has 1 fully saturated rings. The Morgan fingerprint density at radius 2 is 2.08 bits per heavy atom. The van der Waals surface area contributed by atoms with E-state index in [0.29, 0.717) is 18.8 Å². The van der Waals surface area contributed by atoms with Gasteiger partial charge in [-0.25, -0.2) is 4.99 Å². The molecule has 0 radical (unpaired) electrons. The van der Waals surface area contributed by atoms with Gasteiger partial charge in [-0.3, -0.25) is 9.80 Å². The van der Waals surface area contributed by atoms with Gasteiger partial charge in [-0.15, -0.1) is 0 Å². The van der Waals surface area contributed by atoms with E-state index in [-0.39, 0.29) is 12.5 Å². The van der Waals surface area contributed by atoms with Crippen LogP contribution in [0.2, 0.25) is 0 Å². The molecule has 1 aromatic carbocycles. The molecule has 0 aliphatic carbocycles. The summed E-state index contributed by atoms with van der Waals surface area (Å²) in [6.07, 6.45) is 6.06. The van der Waals surface area contributed by atoms with Crippen molar-refractivity contribution in [1.82, 2.24) is 10.3 Å². The summed E-state index contributed by atoms with van der Waals surface area (Å²) < 4.78 is 0. The molecular formula is C21H28N4O. The van der Waals surface area contributed by atoms with Crippen molar-refractivity contribution in [2.75, 3.05) is 19.6 Å². The molecule has 26 heavy (non-hydrogen) atoms. The number of piperazine rings is 1. The van der Waals surface area contributed by atoms with Gasteiger partial charge in [0, 0.05) is 6.54 Å². The van der Waals surface area contributed by atoms with Gasteiger partial charge in [0.1, 0.15) is 6.54 Å². The monoisotopic (exact) mass is 352 g/mol. The first kappa shape index (κ1) is 19.6. The molecule has 1 aliphatic heterocycles. The van der Waals surface area contributed by atoms with Crippen LogP contribution in [0.5, 0.6) is 0 Å². The molecule has 1 saturated heterocycles. The topological polar surface area (TPSA) is 57.1 Å². The second-order valence-corrected chi connectivity index (χ2v) is 6.31. The number of amides is 1. The third-order valence-electron chi connectivity index (χ3n) is 4.09. The fraction of sp³-hybridized carbons (Fsp3) is 0.381. The first-order chi connectivity index (χ1) is 12.5. The smallest absolute Gasteiger partial charge is 0.241 e. The highest BCUT2D eigenvalue weighted by molar-refractivity contribution is 6.46. The molecule has 0 bridgehead atoms. The minimum Gasteiger partial charge on any atom is -0.353 e. The number of nitrogens with one attached hydrogen (secondary N) is 1. The van der Waals surface area contributed by atoms with Crippen molar-refractivity contribution >= 4 is 23.0 Å². The van der Waals surface area contributed by atoms with E-state index in [0.717, 1.165) is 29.8 Å². The number of hydrazone groups is 1. The van der Waals surface area contributed by atoms with Crippen molar-refractivity contribution in [3.05, 3.63) is 54.1 Å². The molecule has 0 saturated carbocycles. The SMILES string of the molecule is C=C(N=C(/C=C\C)/C(C)=N/N1CCNC(=O)C1)c1ccc(CCC)cc1. The number of hydrogen-bond acceptors (Lipinski definition) is 4. The normalized spacial score (nSPS) is 16.1. The van der Waals surface area contributed by atoms with Crippen LogP contribution >= 0.6 is 0 Å². The Labute approximate surface area is 156 Å². The summed E-state index contributed by atoms with van der Waals surface area (Å²) in [5.74, 6) is -0.00565. The molecule has 0 spiro atoms. The maximum absolute atomic E-state index is 11.5. The molecule has 1 aromatic rings. The van der Waals surface area contributed by atoms with E-state index in [1.54, 1.807) is 5.01 Å². The summed E-state index contributed by atoms with van der Waals surface area (Å²) in [5.41, 5.74) is 4.54. The van der Waals surface area contributed by atoms with Crippen LogP contribution in [0.3, 0.4) is 0 Å². The average Bonchev–Trinajstić information content (AvgIpc) is 2.62. The lowest BCUT2D eigenvalue weighted by atomic mass is 10.1. The van der Waals surface area contributed by atoms with Gasteiger partial charge in [-0.2, -0.15) is 5.10 Å². The number of aryl methyl sites for hydroxylation is 1. The number of nitrogens with zero attached hydrogens (tertiary/aromatic N) is 3. The molecule has 0 aromatic heterocycles. The number of hydrogen-bond donors (Lipinski definition) is 1. The fourth-order valence-electron chi connectivity index (χ4n) is 2.73. The Kier molecular flexibility index (Phi) is 7.33. The predicted molar refractivity (Wildman–Crippen MR) is 109 cm³/mol. The highest BCUT2D eigenvalue weighted by atomic mass is 16.2. The molecule has 138 valence electrons. The quantitative estimate of drug-likeness (QED) is 0.764. The number of benzene rings is 1. The van der Waals surface area contributed by atoms with Crippen molar-refractivity contribution < 1.29 is 4.79 Å². The lowest BCUT2D eigenvalue weighted by molar-refractivity contribution is -0.124. The molecule has 1 aliphatic rings. The first-order valence-electron chi connectivity index (χ1n) is 9.10. The van der Waals surface area contributed by atoms with E-state index in [2.05, 4.69) is 53.2 Å². The van der Waals surface area contributed by atoms with E-state index >= 15 is 0 Å².